The fourth-order valence-electron chi connectivity index (χ4n) is 1.50. The van der Waals surface area contributed by atoms with E-state index in [0.29, 0.717) is 11.5 Å². The first-order valence-electron chi connectivity index (χ1n) is 5.81. The summed E-state index contributed by atoms with van der Waals surface area (Å²) in [6.07, 6.45) is 1.21. The normalized spacial score (nSPS) is 11.9. The highest BCUT2D eigenvalue weighted by Crippen LogP contribution is 2.15. The van der Waals surface area contributed by atoms with Crippen LogP contribution in [0.3, 0.4) is 0 Å². The van der Waals surface area contributed by atoms with Crippen LogP contribution in [-0.4, -0.2) is 16.2 Å². The van der Waals surface area contributed by atoms with Gasteiger partial charge in [0.25, 0.3) is 0 Å². The summed E-state index contributed by atoms with van der Waals surface area (Å²) in [5.74, 6) is 0.416. The number of benzene rings is 1. The van der Waals surface area contributed by atoms with E-state index in [1.165, 1.54) is 6.39 Å². The lowest BCUT2D eigenvalue weighted by Crippen LogP contribution is -2.28. The second-order valence-corrected chi connectivity index (χ2v) is 4.07. The molecular weight excluding hydrogens is 246 g/mol. The number of rotatable bonds is 4. The molecule has 0 aliphatic rings. The second kappa shape index (κ2) is 5.96. The first kappa shape index (κ1) is 13.0. The van der Waals surface area contributed by atoms with Crippen LogP contribution in [0.15, 0.2) is 35.2 Å². The third-order valence-corrected chi connectivity index (χ3v) is 2.48. The van der Waals surface area contributed by atoms with E-state index in [0.717, 1.165) is 5.56 Å². The van der Waals surface area contributed by atoms with Crippen LogP contribution in [0.25, 0.3) is 0 Å². The average molecular weight is 261 g/mol. The van der Waals surface area contributed by atoms with Gasteiger partial charge in [0.15, 0.2) is 5.82 Å². The molecule has 0 aliphatic heterocycles. The highest BCUT2D eigenvalue weighted by molar-refractivity contribution is 5.89. The lowest BCUT2D eigenvalue weighted by Gasteiger charge is -2.09. The summed E-state index contributed by atoms with van der Waals surface area (Å²) in [6.45, 7) is 2.09. The number of nitrogens with zero attached hydrogens (tertiary/aromatic N) is 2. The molecule has 1 unspecified atom stereocenters. The molecule has 0 spiro atoms. The Balaban J connectivity index is 1.89. The Morgan fingerprint density at radius 2 is 2.37 bits per heavy atom. The minimum Gasteiger partial charge on any atom is -0.343 e. The molecule has 0 aliphatic carbocycles. The van der Waals surface area contributed by atoms with Gasteiger partial charge in [0.2, 0.25) is 6.39 Å². The quantitative estimate of drug-likeness (QED) is 0.771. The number of nitrogens with one attached hydrogen (secondary N) is 2. The van der Waals surface area contributed by atoms with Gasteiger partial charge in [0.1, 0.15) is 0 Å². The highest BCUT2D eigenvalue weighted by atomic mass is 16.5. The first-order valence-corrected chi connectivity index (χ1v) is 5.81. The predicted octanol–water partition coefficient (Wildman–Crippen LogP) is 1.41. The molecule has 1 heterocycles. The topological polar surface area (TPSA) is 106 Å². The molecule has 2 rings (SSSR count). The van der Waals surface area contributed by atoms with Crippen LogP contribution < -0.4 is 16.4 Å². The molecule has 2 amide bonds. The highest BCUT2D eigenvalue weighted by Gasteiger charge is 2.05. The monoisotopic (exact) mass is 261 g/mol. The molecule has 19 heavy (non-hydrogen) atoms. The Labute approximate surface area is 110 Å². The number of aromatic nitrogens is 2. The van der Waals surface area contributed by atoms with Gasteiger partial charge in [0.05, 0.1) is 6.54 Å². The number of amides is 2. The Hall–Kier alpha value is -2.41. The van der Waals surface area contributed by atoms with E-state index in [9.17, 15) is 4.79 Å². The second-order valence-electron chi connectivity index (χ2n) is 4.07. The molecule has 0 bridgehead atoms. The maximum Gasteiger partial charge on any atom is 0.319 e. The van der Waals surface area contributed by atoms with Crippen LogP contribution in [0, 0.1) is 0 Å². The Kier molecular flexibility index (Phi) is 4.09. The number of urea groups is 1. The predicted molar refractivity (Wildman–Crippen MR) is 69.2 cm³/mol. The fraction of sp³-hybridized carbons (Fsp3) is 0.250. The number of hydrogen-bond acceptors (Lipinski definition) is 5. The van der Waals surface area contributed by atoms with Crippen LogP contribution in [0.5, 0.6) is 0 Å². The number of hydrogen-bond donors (Lipinski definition) is 3. The first-order chi connectivity index (χ1) is 9.15. The van der Waals surface area contributed by atoms with Crippen molar-refractivity contribution in [1.82, 2.24) is 15.5 Å². The maximum atomic E-state index is 11.6. The van der Waals surface area contributed by atoms with Crippen molar-refractivity contribution in [3.05, 3.63) is 42.0 Å². The lowest BCUT2D eigenvalue weighted by molar-refractivity contribution is 0.251. The van der Waals surface area contributed by atoms with Crippen LogP contribution >= 0.6 is 0 Å². The summed E-state index contributed by atoms with van der Waals surface area (Å²) in [7, 11) is 0. The summed E-state index contributed by atoms with van der Waals surface area (Å²) >= 11 is 0. The minimum absolute atomic E-state index is 0.0795. The van der Waals surface area contributed by atoms with Crippen molar-refractivity contribution < 1.29 is 9.32 Å². The zero-order chi connectivity index (χ0) is 13.7. The van der Waals surface area contributed by atoms with E-state index >= 15 is 0 Å². The Morgan fingerprint density at radius 3 is 3.05 bits per heavy atom. The number of carbonyl (C=O) groups is 1. The third-order valence-electron chi connectivity index (χ3n) is 2.48. The van der Waals surface area contributed by atoms with Crippen molar-refractivity contribution in [2.75, 3.05) is 5.32 Å². The molecule has 2 aromatic rings. The van der Waals surface area contributed by atoms with Gasteiger partial charge < -0.3 is 20.9 Å². The van der Waals surface area contributed by atoms with Crippen LogP contribution in [0.1, 0.15) is 24.4 Å². The molecule has 1 aromatic carbocycles. The molecule has 100 valence electrons. The van der Waals surface area contributed by atoms with Crippen molar-refractivity contribution in [2.24, 2.45) is 5.73 Å². The van der Waals surface area contributed by atoms with Crippen molar-refractivity contribution in [2.45, 2.75) is 19.5 Å². The van der Waals surface area contributed by atoms with Gasteiger partial charge in [0, 0.05) is 11.7 Å². The largest absolute Gasteiger partial charge is 0.343 e. The molecule has 0 fully saturated rings. The van der Waals surface area contributed by atoms with Gasteiger partial charge in [-0.15, -0.1) is 0 Å². The van der Waals surface area contributed by atoms with Gasteiger partial charge in [-0.05, 0) is 24.6 Å². The maximum absolute atomic E-state index is 11.6. The molecule has 0 radical (unpaired) electrons. The van der Waals surface area contributed by atoms with E-state index in [1.54, 1.807) is 6.07 Å². The Bertz CT molecular complexity index is 539. The zero-order valence-electron chi connectivity index (χ0n) is 10.5. The SMILES string of the molecule is CC(N)c1cccc(NC(=O)NCc2ncon2)c1. The minimum atomic E-state index is -0.341. The Morgan fingerprint density at radius 1 is 1.53 bits per heavy atom. The molecule has 0 saturated heterocycles. The summed E-state index contributed by atoms with van der Waals surface area (Å²) in [5.41, 5.74) is 7.42. The van der Waals surface area contributed by atoms with Gasteiger partial charge in [-0.3, -0.25) is 0 Å². The smallest absolute Gasteiger partial charge is 0.319 e. The molecule has 1 aromatic heterocycles. The van der Waals surface area contributed by atoms with E-state index in [-0.39, 0.29) is 18.6 Å². The van der Waals surface area contributed by atoms with Gasteiger partial charge >= 0.3 is 6.03 Å². The molecular formula is C12H15N5O2. The molecule has 7 nitrogen and oxygen atoms in total. The van der Waals surface area contributed by atoms with Crippen molar-refractivity contribution in [3.63, 3.8) is 0 Å². The zero-order valence-corrected chi connectivity index (χ0v) is 10.5. The number of nitrogens with two attached hydrogens (primary N) is 1. The summed E-state index contributed by atoms with van der Waals surface area (Å²) in [5, 5.41) is 8.91. The van der Waals surface area contributed by atoms with E-state index < -0.39 is 0 Å². The van der Waals surface area contributed by atoms with Crippen molar-refractivity contribution in [1.29, 1.82) is 0 Å². The number of carbonyl (C=O) groups excluding carboxylic acids is 1. The van der Waals surface area contributed by atoms with Gasteiger partial charge in [-0.25, -0.2) is 4.79 Å². The van der Waals surface area contributed by atoms with Crippen molar-refractivity contribution >= 4 is 11.7 Å². The van der Waals surface area contributed by atoms with Gasteiger partial charge in [-0.2, -0.15) is 4.98 Å². The van der Waals surface area contributed by atoms with E-state index in [4.69, 9.17) is 5.73 Å². The van der Waals surface area contributed by atoms with E-state index in [1.807, 2.05) is 25.1 Å². The lowest BCUT2D eigenvalue weighted by atomic mass is 10.1. The summed E-state index contributed by atoms with van der Waals surface area (Å²) in [6, 6.07) is 6.95. The number of anilines is 1. The van der Waals surface area contributed by atoms with Crippen LogP contribution in [0.2, 0.25) is 0 Å². The van der Waals surface area contributed by atoms with E-state index in [2.05, 4.69) is 25.3 Å². The summed E-state index contributed by atoms with van der Waals surface area (Å²) in [4.78, 5) is 15.4. The fourth-order valence-corrected chi connectivity index (χ4v) is 1.50. The van der Waals surface area contributed by atoms with Crippen LogP contribution in [0.4, 0.5) is 10.5 Å². The summed E-state index contributed by atoms with van der Waals surface area (Å²) < 4.78 is 4.56. The molecule has 1 atom stereocenters. The average Bonchev–Trinajstić information content (AvgIpc) is 2.90. The molecule has 0 saturated carbocycles. The molecule has 4 N–H and O–H groups in total. The molecule has 7 heteroatoms. The van der Waals surface area contributed by atoms with Gasteiger partial charge in [-0.1, -0.05) is 17.3 Å². The van der Waals surface area contributed by atoms with Crippen LogP contribution in [-0.2, 0) is 6.54 Å². The standard InChI is InChI=1S/C12H15N5O2/c1-8(13)9-3-2-4-10(5-9)16-12(18)14-6-11-15-7-19-17-11/h2-5,7-8H,6,13H2,1H3,(H2,14,16,18). The van der Waals surface area contributed by atoms with Crippen molar-refractivity contribution in [3.8, 4) is 0 Å². The third kappa shape index (κ3) is 3.78.